The van der Waals surface area contributed by atoms with Gasteiger partial charge in [-0.2, -0.15) is 11.8 Å². The molecule has 0 aliphatic carbocycles. The molecule has 0 amide bonds. The predicted molar refractivity (Wildman–Crippen MR) is 76.2 cm³/mol. The Labute approximate surface area is 109 Å². The van der Waals surface area contributed by atoms with Crippen LogP contribution in [-0.4, -0.2) is 27.8 Å². The van der Waals surface area contributed by atoms with Crippen LogP contribution in [0.5, 0.6) is 0 Å². The average molecular weight is 272 g/mol. The molecule has 1 nitrogen and oxygen atoms in total. The molecule has 1 aliphatic heterocycles. The fraction of sp³-hybridized carbons (Fsp3) is 0.583. The minimum Gasteiger partial charge on any atom is -0.292 e. The Bertz CT molecular complexity index is 372. The van der Waals surface area contributed by atoms with Crippen LogP contribution in [0.4, 0.5) is 0 Å². The number of thioether (sulfide) groups is 2. The molecule has 1 saturated heterocycles. The van der Waals surface area contributed by atoms with Crippen molar-refractivity contribution in [3.8, 4) is 0 Å². The molecule has 1 aromatic rings. The second-order valence-electron chi connectivity index (χ2n) is 3.88. The second kappa shape index (κ2) is 5.61. The number of Topliss-reactive ketones (excluding diaryl/α,β-unsaturated/α-hetero) is 1. The first-order valence-corrected chi connectivity index (χ1v) is 8.47. The Hall–Kier alpha value is 0.0700. The highest BCUT2D eigenvalue weighted by Gasteiger charge is 2.32. The highest BCUT2D eigenvalue weighted by molar-refractivity contribution is 8.07. The molecule has 0 N–H and O–H groups in total. The summed E-state index contributed by atoms with van der Waals surface area (Å²) in [6.45, 7) is 4.24. The van der Waals surface area contributed by atoms with Gasteiger partial charge in [-0.15, -0.1) is 23.1 Å². The summed E-state index contributed by atoms with van der Waals surface area (Å²) < 4.78 is 0. The summed E-state index contributed by atoms with van der Waals surface area (Å²) in [7, 11) is 0. The summed E-state index contributed by atoms with van der Waals surface area (Å²) in [6.07, 6.45) is 1.10. The van der Waals surface area contributed by atoms with Crippen molar-refractivity contribution in [3.05, 3.63) is 21.9 Å². The van der Waals surface area contributed by atoms with Crippen molar-refractivity contribution in [3.63, 3.8) is 0 Å². The Morgan fingerprint density at radius 3 is 2.75 bits per heavy atom. The number of thiophene rings is 1. The third-order valence-electron chi connectivity index (χ3n) is 2.69. The lowest BCUT2D eigenvalue weighted by Gasteiger charge is -2.28. The Kier molecular flexibility index (Phi) is 4.39. The molecule has 2 heterocycles. The molecular formula is C12H16OS3. The van der Waals surface area contributed by atoms with E-state index in [4.69, 9.17) is 0 Å². The van der Waals surface area contributed by atoms with Gasteiger partial charge in [0.25, 0.3) is 0 Å². The van der Waals surface area contributed by atoms with E-state index < -0.39 is 0 Å². The third kappa shape index (κ3) is 2.66. The predicted octanol–water partition coefficient (Wildman–Crippen LogP) is 3.87. The summed E-state index contributed by atoms with van der Waals surface area (Å²) in [4.78, 5) is 14.5. The first-order chi connectivity index (χ1) is 7.72. The van der Waals surface area contributed by atoms with Gasteiger partial charge in [0.2, 0.25) is 0 Å². The zero-order valence-electron chi connectivity index (χ0n) is 9.56. The van der Waals surface area contributed by atoms with Crippen LogP contribution in [0.1, 0.15) is 27.9 Å². The molecule has 0 bridgehead atoms. The monoisotopic (exact) mass is 272 g/mol. The third-order valence-corrected chi connectivity index (χ3v) is 6.96. The summed E-state index contributed by atoms with van der Waals surface area (Å²) >= 11 is 5.44. The molecule has 0 radical (unpaired) electrons. The number of carbonyl (C=O) groups excluding carboxylic acids is 1. The smallest absolute Gasteiger partial charge is 0.186 e. The van der Waals surface area contributed by atoms with Crippen molar-refractivity contribution in [1.29, 1.82) is 0 Å². The fourth-order valence-corrected chi connectivity index (χ4v) is 5.79. The lowest BCUT2D eigenvalue weighted by atomic mass is 10.1. The zero-order chi connectivity index (χ0) is 11.5. The lowest BCUT2D eigenvalue weighted by Crippen LogP contribution is -2.32. The van der Waals surface area contributed by atoms with Gasteiger partial charge in [-0.05, 0) is 25.5 Å². The van der Waals surface area contributed by atoms with Crippen molar-refractivity contribution < 1.29 is 4.79 Å². The zero-order valence-corrected chi connectivity index (χ0v) is 12.0. The average Bonchev–Trinajstić information content (AvgIpc) is 2.75. The number of hydrogen-bond acceptors (Lipinski definition) is 4. The summed E-state index contributed by atoms with van der Waals surface area (Å²) in [5.41, 5.74) is 0. The van der Waals surface area contributed by atoms with Crippen molar-refractivity contribution in [1.82, 2.24) is 0 Å². The van der Waals surface area contributed by atoms with E-state index in [0.717, 1.165) is 17.1 Å². The molecule has 16 heavy (non-hydrogen) atoms. The standard InChI is InChI=1S/C12H16OS3/c1-3-9-12(15-7-6-14-9)11(13)10-5-4-8(2)16-10/h4-5,9,12H,3,6-7H2,1-2H3. The molecule has 1 fully saturated rings. The molecule has 0 aromatic carbocycles. The van der Waals surface area contributed by atoms with Gasteiger partial charge >= 0.3 is 0 Å². The van der Waals surface area contributed by atoms with Crippen molar-refractivity contribution >= 4 is 40.6 Å². The maximum atomic E-state index is 12.4. The molecule has 2 unspecified atom stereocenters. The van der Waals surface area contributed by atoms with E-state index in [1.54, 1.807) is 11.3 Å². The molecule has 1 aliphatic rings. The lowest BCUT2D eigenvalue weighted by molar-refractivity contribution is 0.0992. The first kappa shape index (κ1) is 12.5. The van der Waals surface area contributed by atoms with E-state index in [1.165, 1.54) is 10.6 Å². The van der Waals surface area contributed by atoms with Crippen LogP contribution in [0.15, 0.2) is 12.1 Å². The van der Waals surface area contributed by atoms with Crippen molar-refractivity contribution in [2.45, 2.75) is 30.8 Å². The van der Waals surface area contributed by atoms with Gasteiger partial charge in [0.05, 0.1) is 10.1 Å². The molecule has 0 saturated carbocycles. The van der Waals surface area contributed by atoms with E-state index in [0.29, 0.717) is 11.0 Å². The van der Waals surface area contributed by atoms with Gasteiger partial charge in [-0.1, -0.05) is 6.92 Å². The van der Waals surface area contributed by atoms with Gasteiger partial charge in [0.15, 0.2) is 5.78 Å². The fourth-order valence-electron chi connectivity index (χ4n) is 1.85. The number of carbonyl (C=O) groups is 1. The van der Waals surface area contributed by atoms with Gasteiger partial charge in [-0.3, -0.25) is 4.79 Å². The maximum Gasteiger partial charge on any atom is 0.186 e. The van der Waals surface area contributed by atoms with Crippen LogP contribution in [0.25, 0.3) is 0 Å². The topological polar surface area (TPSA) is 17.1 Å². The Morgan fingerprint density at radius 2 is 2.12 bits per heavy atom. The van der Waals surface area contributed by atoms with Crippen molar-refractivity contribution in [2.24, 2.45) is 0 Å². The van der Waals surface area contributed by atoms with Crippen LogP contribution in [0.2, 0.25) is 0 Å². The highest BCUT2D eigenvalue weighted by Crippen LogP contribution is 2.36. The van der Waals surface area contributed by atoms with Gasteiger partial charge in [0, 0.05) is 21.6 Å². The summed E-state index contributed by atoms with van der Waals surface area (Å²) in [5.74, 6) is 2.65. The van der Waals surface area contributed by atoms with Gasteiger partial charge in [-0.25, -0.2) is 0 Å². The van der Waals surface area contributed by atoms with Crippen LogP contribution in [0, 0.1) is 6.92 Å². The number of ketones is 1. The Balaban J connectivity index is 2.13. The van der Waals surface area contributed by atoms with E-state index in [2.05, 4.69) is 13.8 Å². The summed E-state index contributed by atoms with van der Waals surface area (Å²) in [6, 6.07) is 4.02. The quantitative estimate of drug-likeness (QED) is 0.778. The van der Waals surface area contributed by atoms with Crippen LogP contribution >= 0.6 is 34.9 Å². The van der Waals surface area contributed by atoms with Gasteiger partial charge < -0.3 is 0 Å². The second-order valence-corrected chi connectivity index (χ2v) is 7.77. The van der Waals surface area contributed by atoms with E-state index >= 15 is 0 Å². The number of rotatable bonds is 3. The molecule has 0 spiro atoms. The molecular weight excluding hydrogens is 256 g/mol. The summed E-state index contributed by atoms with van der Waals surface area (Å²) in [5, 5.41) is 0.690. The number of aryl methyl sites for hydroxylation is 1. The largest absolute Gasteiger partial charge is 0.292 e. The minimum absolute atomic E-state index is 0.182. The highest BCUT2D eigenvalue weighted by atomic mass is 32.2. The number of hydrogen-bond donors (Lipinski definition) is 0. The van der Waals surface area contributed by atoms with Crippen LogP contribution in [-0.2, 0) is 0 Å². The first-order valence-electron chi connectivity index (χ1n) is 5.56. The molecule has 88 valence electrons. The normalized spacial score (nSPS) is 25.6. The Morgan fingerprint density at radius 1 is 1.38 bits per heavy atom. The molecule has 2 atom stereocenters. The molecule has 1 aromatic heterocycles. The molecule has 2 rings (SSSR count). The maximum absolute atomic E-state index is 12.4. The van der Waals surface area contributed by atoms with E-state index in [1.807, 2.05) is 35.7 Å². The van der Waals surface area contributed by atoms with E-state index in [-0.39, 0.29) is 5.25 Å². The SMILES string of the molecule is CCC1SCCSC1C(=O)c1ccc(C)s1. The van der Waals surface area contributed by atoms with Crippen LogP contribution < -0.4 is 0 Å². The minimum atomic E-state index is 0.182. The molecule has 4 heteroatoms. The van der Waals surface area contributed by atoms with Crippen LogP contribution in [0.3, 0.4) is 0 Å². The van der Waals surface area contributed by atoms with E-state index in [9.17, 15) is 4.79 Å². The van der Waals surface area contributed by atoms with Crippen molar-refractivity contribution in [2.75, 3.05) is 11.5 Å². The van der Waals surface area contributed by atoms with Gasteiger partial charge in [0.1, 0.15) is 0 Å².